The molecule has 1 aromatic heterocycles. The van der Waals surface area contributed by atoms with Gasteiger partial charge in [-0.2, -0.15) is 5.10 Å². The van der Waals surface area contributed by atoms with Crippen molar-refractivity contribution in [3.63, 3.8) is 0 Å². The molecule has 0 spiro atoms. The molecule has 0 saturated heterocycles. The molecule has 2 rings (SSSR count). The first kappa shape index (κ1) is 15.1. The van der Waals surface area contributed by atoms with E-state index < -0.39 is 0 Å². The molecule has 0 aliphatic carbocycles. The van der Waals surface area contributed by atoms with E-state index in [0.29, 0.717) is 31.0 Å². The van der Waals surface area contributed by atoms with Crippen LogP contribution in [0, 0.1) is 0 Å². The maximum atomic E-state index is 12.8. The molecule has 21 heavy (non-hydrogen) atoms. The van der Waals surface area contributed by atoms with Gasteiger partial charge < -0.3 is 10.6 Å². The van der Waals surface area contributed by atoms with Crippen molar-refractivity contribution in [1.29, 1.82) is 0 Å². The van der Waals surface area contributed by atoms with Crippen LogP contribution in [-0.4, -0.2) is 27.1 Å². The van der Waals surface area contributed by atoms with Crippen molar-refractivity contribution in [2.24, 2.45) is 0 Å². The van der Waals surface area contributed by atoms with Gasteiger partial charge in [-0.05, 0) is 18.9 Å². The molecule has 0 fully saturated rings. The second-order valence-corrected chi connectivity index (χ2v) is 4.98. The van der Waals surface area contributed by atoms with Gasteiger partial charge in [-0.1, -0.05) is 37.3 Å². The fourth-order valence-electron chi connectivity index (χ4n) is 2.35. The highest BCUT2D eigenvalue weighted by Crippen LogP contribution is 2.16. The number of hydrogen-bond acceptors (Lipinski definition) is 3. The predicted molar refractivity (Wildman–Crippen MR) is 83.8 cm³/mol. The van der Waals surface area contributed by atoms with Crippen molar-refractivity contribution in [2.45, 2.75) is 33.4 Å². The molecule has 1 heterocycles. The standard InChI is InChI=1S/C16H22N4O/c1-3-10-19(12-13-8-6-5-7-9-13)16(21)15-14(17)11-18-20(15)4-2/h5-9,11H,3-4,10,12,17H2,1-2H3. The molecule has 0 bridgehead atoms. The summed E-state index contributed by atoms with van der Waals surface area (Å²) in [6, 6.07) is 9.98. The molecule has 0 unspecified atom stereocenters. The normalized spacial score (nSPS) is 10.6. The van der Waals surface area contributed by atoms with Crippen molar-refractivity contribution in [1.82, 2.24) is 14.7 Å². The molecule has 1 aromatic carbocycles. The molecule has 0 aliphatic rings. The number of hydrogen-bond donors (Lipinski definition) is 1. The number of aromatic nitrogens is 2. The SMILES string of the molecule is CCCN(Cc1ccccc1)C(=O)c1c(N)cnn1CC. The van der Waals surface area contributed by atoms with Crippen LogP contribution in [-0.2, 0) is 13.1 Å². The average Bonchev–Trinajstić information content (AvgIpc) is 2.88. The van der Waals surface area contributed by atoms with E-state index in [1.807, 2.05) is 42.2 Å². The topological polar surface area (TPSA) is 64.2 Å². The van der Waals surface area contributed by atoms with Crippen molar-refractivity contribution >= 4 is 11.6 Å². The summed E-state index contributed by atoms with van der Waals surface area (Å²) in [5.41, 5.74) is 7.95. The van der Waals surface area contributed by atoms with Gasteiger partial charge in [-0.3, -0.25) is 9.48 Å². The number of carbonyl (C=O) groups is 1. The minimum atomic E-state index is -0.0578. The number of rotatable bonds is 6. The maximum absolute atomic E-state index is 12.8. The second-order valence-electron chi connectivity index (χ2n) is 4.98. The molecule has 0 saturated carbocycles. The molecule has 0 atom stereocenters. The summed E-state index contributed by atoms with van der Waals surface area (Å²) >= 11 is 0. The molecule has 2 aromatic rings. The Hall–Kier alpha value is -2.30. The molecular formula is C16H22N4O. The Morgan fingerprint density at radius 3 is 2.62 bits per heavy atom. The number of nitrogens with zero attached hydrogens (tertiary/aromatic N) is 3. The molecule has 0 aliphatic heterocycles. The summed E-state index contributed by atoms with van der Waals surface area (Å²) in [6.07, 6.45) is 2.45. The van der Waals surface area contributed by atoms with Gasteiger partial charge in [-0.15, -0.1) is 0 Å². The largest absolute Gasteiger partial charge is 0.396 e. The van der Waals surface area contributed by atoms with Crippen molar-refractivity contribution < 1.29 is 4.79 Å². The van der Waals surface area contributed by atoms with Gasteiger partial charge in [0.05, 0.1) is 11.9 Å². The number of carbonyl (C=O) groups excluding carboxylic acids is 1. The first-order chi connectivity index (χ1) is 10.2. The number of nitrogen functional groups attached to an aromatic ring is 1. The zero-order valence-corrected chi connectivity index (χ0v) is 12.6. The molecule has 5 heteroatoms. The predicted octanol–water partition coefficient (Wildman–Crippen LogP) is 2.54. The zero-order valence-electron chi connectivity index (χ0n) is 12.6. The van der Waals surface area contributed by atoms with Gasteiger partial charge in [0.2, 0.25) is 0 Å². The molecule has 2 N–H and O–H groups in total. The fourth-order valence-corrected chi connectivity index (χ4v) is 2.35. The Kier molecular flexibility index (Phi) is 4.98. The number of benzene rings is 1. The summed E-state index contributed by atoms with van der Waals surface area (Å²) in [7, 11) is 0. The number of anilines is 1. The Bertz CT molecular complexity index is 592. The van der Waals surface area contributed by atoms with Gasteiger partial charge in [0, 0.05) is 19.6 Å². The smallest absolute Gasteiger partial charge is 0.274 e. The third-order valence-corrected chi connectivity index (χ3v) is 3.37. The quantitative estimate of drug-likeness (QED) is 0.887. The molecule has 1 amide bonds. The number of nitrogens with two attached hydrogens (primary N) is 1. The van der Waals surface area contributed by atoms with Crippen LogP contribution in [0.3, 0.4) is 0 Å². The van der Waals surface area contributed by atoms with Crippen molar-refractivity contribution in [2.75, 3.05) is 12.3 Å². The van der Waals surface area contributed by atoms with E-state index in [1.165, 1.54) is 0 Å². The summed E-state index contributed by atoms with van der Waals surface area (Å²) < 4.78 is 1.66. The van der Waals surface area contributed by atoms with Gasteiger partial charge >= 0.3 is 0 Å². The van der Waals surface area contributed by atoms with Gasteiger partial charge in [-0.25, -0.2) is 0 Å². The van der Waals surface area contributed by atoms with Crippen LogP contribution < -0.4 is 5.73 Å². The highest BCUT2D eigenvalue weighted by atomic mass is 16.2. The first-order valence-corrected chi connectivity index (χ1v) is 7.31. The van der Waals surface area contributed by atoms with E-state index in [4.69, 9.17) is 5.73 Å². The van der Waals surface area contributed by atoms with Crippen LogP contribution in [0.25, 0.3) is 0 Å². The van der Waals surface area contributed by atoms with Gasteiger partial charge in [0.15, 0.2) is 0 Å². The summed E-state index contributed by atoms with van der Waals surface area (Å²) in [5, 5.41) is 4.15. The molecule has 5 nitrogen and oxygen atoms in total. The Labute approximate surface area is 125 Å². The lowest BCUT2D eigenvalue weighted by Gasteiger charge is -2.23. The van der Waals surface area contributed by atoms with E-state index >= 15 is 0 Å². The Morgan fingerprint density at radius 2 is 2.00 bits per heavy atom. The van der Waals surface area contributed by atoms with E-state index in [9.17, 15) is 4.79 Å². The van der Waals surface area contributed by atoms with Crippen LogP contribution >= 0.6 is 0 Å². The lowest BCUT2D eigenvalue weighted by atomic mass is 10.2. The monoisotopic (exact) mass is 286 g/mol. The number of aryl methyl sites for hydroxylation is 1. The van der Waals surface area contributed by atoms with Crippen molar-refractivity contribution in [3.05, 3.63) is 47.8 Å². The maximum Gasteiger partial charge on any atom is 0.274 e. The fraction of sp³-hybridized carbons (Fsp3) is 0.375. The van der Waals surface area contributed by atoms with Crippen LogP contribution in [0.2, 0.25) is 0 Å². The van der Waals surface area contributed by atoms with E-state index in [0.717, 1.165) is 12.0 Å². The lowest BCUT2D eigenvalue weighted by Crippen LogP contribution is -2.33. The highest BCUT2D eigenvalue weighted by molar-refractivity contribution is 5.97. The second kappa shape index (κ2) is 6.92. The third-order valence-electron chi connectivity index (χ3n) is 3.37. The molecule has 0 radical (unpaired) electrons. The average molecular weight is 286 g/mol. The van der Waals surface area contributed by atoms with Gasteiger partial charge in [0.25, 0.3) is 5.91 Å². The minimum absolute atomic E-state index is 0.0578. The van der Waals surface area contributed by atoms with Crippen LogP contribution in [0.15, 0.2) is 36.5 Å². The van der Waals surface area contributed by atoms with Crippen LogP contribution in [0.4, 0.5) is 5.69 Å². The lowest BCUT2D eigenvalue weighted by molar-refractivity contribution is 0.0731. The highest BCUT2D eigenvalue weighted by Gasteiger charge is 2.22. The summed E-state index contributed by atoms with van der Waals surface area (Å²) in [4.78, 5) is 14.6. The van der Waals surface area contributed by atoms with Crippen LogP contribution in [0.1, 0.15) is 36.3 Å². The van der Waals surface area contributed by atoms with Crippen LogP contribution in [0.5, 0.6) is 0 Å². The summed E-state index contributed by atoms with van der Waals surface area (Å²) in [5.74, 6) is -0.0578. The van der Waals surface area contributed by atoms with E-state index in [2.05, 4.69) is 12.0 Å². The Morgan fingerprint density at radius 1 is 1.29 bits per heavy atom. The van der Waals surface area contributed by atoms with E-state index in [1.54, 1.807) is 10.9 Å². The third kappa shape index (κ3) is 3.42. The van der Waals surface area contributed by atoms with Gasteiger partial charge in [0.1, 0.15) is 5.69 Å². The van der Waals surface area contributed by atoms with Crippen molar-refractivity contribution in [3.8, 4) is 0 Å². The number of amides is 1. The molecule has 112 valence electrons. The zero-order chi connectivity index (χ0) is 15.2. The summed E-state index contributed by atoms with van der Waals surface area (Å²) in [6.45, 7) is 5.92. The Balaban J connectivity index is 2.25. The molecular weight excluding hydrogens is 264 g/mol. The van der Waals surface area contributed by atoms with E-state index in [-0.39, 0.29) is 5.91 Å². The minimum Gasteiger partial charge on any atom is -0.396 e. The first-order valence-electron chi connectivity index (χ1n) is 7.31.